The van der Waals surface area contributed by atoms with Gasteiger partial charge in [0.1, 0.15) is 0 Å². The Labute approximate surface area is 92.2 Å². The van der Waals surface area contributed by atoms with E-state index in [1.807, 2.05) is 13.2 Å². The van der Waals surface area contributed by atoms with E-state index < -0.39 is 5.97 Å². The van der Waals surface area contributed by atoms with Crippen LogP contribution in [0, 0.1) is 0 Å². The molecule has 2 N–H and O–H groups in total. The van der Waals surface area contributed by atoms with Gasteiger partial charge in [0.25, 0.3) is 0 Å². The van der Waals surface area contributed by atoms with Crippen LogP contribution < -0.4 is 5.32 Å². The molecular weight excluding hydrogens is 222 g/mol. The fraction of sp³-hybridized carbons (Fsp3) is 0.750. The average molecular weight is 237 g/mol. The molecule has 82 valence electrons. The number of carbonyl (C=O) groups is 2. The average Bonchev–Trinajstić information content (AvgIpc) is 2.03. The Balaban J connectivity index is 3.50. The lowest BCUT2D eigenvalue weighted by Crippen LogP contribution is -2.35. The number of amides is 1. The summed E-state index contributed by atoms with van der Waals surface area (Å²) in [5, 5.41) is 11.1. The zero-order chi connectivity index (χ0) is 11.0. The van der Waals surface area contributed by atoms with Crippen molar-refractivity contribution in [3.63, 3.8) is 0 Å². The quantitative estimate of drug-likeness (QED) is 0.681. The topological polar surface area (TPSA) is 66.4 Å². The van der Waals surface area contributed by atoms with Crippen molar-refractivity contribution in [1.29, 1.82) is 0 Å². The van der Waals surface area contributed by atoms with Crippen LogP contribution in [-0.4, -0.2) is 46.5 Å². The highest BCUT2D eigenvalue weighted by Crippen LogP contribution is 2.00. The maximum Gasteiger partial charge on any atom is 0.313 e. The molecule has 1 amide bonds. The third kappa shape index (κ3) is 8.25. The van der Waals surface area contributed by atoms with Crippen molar-refractivity contribution in [3.05, 3.63) is 0 Å². The van der Waals surface area contributed by atoms with Crippen molar-refractivity contribution in [1.82, 2.24) is 5.32 Å². The second kappa shape index (κ2) is 7.99. The van der Waals surface area contributed by atoms with Gasteiger partial charge in [-0.25, -0.2) is 0 Å². The predicted octanol–water partition coefficient (Wildman–Crippen LogP) is 0.672. The SMILES string of the molecule is CSCC(C)NC(=O)CSCC(=O)O. The summed E-state index contributed by atoms with van der Waals surface area (Å²) in [6.45, 7) is 1.93. The first-order valence-corrected chi connectivity index (χ1v) is 6.69. The first-order valence-electron chi connectivity index (χ1n) is 4.14. The Morgan fingerprint density at radius 1 is 1.43 bits per heavy atom. The van der Waals surface area contributed by atoms with Crippen molar-refractivity contribution in [2.45, 2.75) is 13.0 Å². The molecular formula is C8H15NO3S2. The highest BCUT2D eigenvalue weighted by Gasteiger charge is 2.07. The van der Waals surface area contributed by atoms with Gasteiger partial charge in [-0.2, -0.15) is 11.8 Å². The standard InChI is InChI=1S/C8H15NO3S2/c1-6(3-13-2)9-7(10)4-14-5-8(11)12/h6H,3-5H2,1-2H3,(H,9,10)(H,11,12). The first kappa shape index (κ1) is 13.6. The lowest BCUT2D eigenvalue weighted by molar-refractivity contribution is -0.133. The van der Waals surface area contributed by atoms with Crippen LogP contribution in [0.15, 0.2) is 0 Å². The fourth-order valence-corrected chi connectivity index (χ4v) is 1.97. The Bertz CT molecular complexity index is 199. The zero-order valence-corrected chi connectivity index (χ0v) is 9.91. The second-order valence-corrected chi connectivity index (χ2v) is 4.71. The van der Waals surface area contributed by atoms with E-state index in [2.05, 4.69) is 5.32 Å². The van der Waals surface area contributed by atoms with Crippen LogP contribution in [0.25, 0.3) is 0 Å². The molecule has 0 rings (SSSR count). The summed E-state index contributed by atoms with van der Waals surface area (Å²) in [6, 6.07) is 0.142. The number of rotatable bonds is 7. The van der Waals surface area contributed by atoms with Crippen LogP contribution >= 0.6 is 23.5 Å². The summed E-state index contributed by atoms with van der Waals surface area (Å²) < 4.78 is 0. The molecule has 0 saturated heterocycles. The molecule has 0 saturated carbocycles. The molecule has 0 fully saturated rings. The van der Waals surface area contributed by atoms with Crippen molar-refractivity contribution in [2.75, 3.05) is 23.5 Å². The van der Waals surface area contributed by atoms with Crippen LogP contribution in [0.3, 0.4) is 0 Å². The molecule has 0 aromatic rings. The molecule has 4 nitrogen and oxygen atoms in total. The van der Waals surface area contributed by atoms with E-state index in [-0.39, 0.29) is 23.5 Å². The summed E-state index contributed by atoms with van der Waals surface area (Å²) in [7, 11) is 0. The van der Waals surface area contributed by atoms with Gasteiger partial charge in [-0.1, -0.05) is 0 Å². The Morgan fingerprint density at radius 3 is 2.57 bits per heavy atom. The van der Waals surface area contributed by atoms with Gasteiger partial charge in [-0.15, -0.1) is 11.8 Å². The third-order valence-electron chi connectivity index (χ3n) is 1.28. The molecule has 0 aliphatic carbocycles. The Kier molecular flexibility index (Phi) is 7.78. The summed E-state index contributed by atoms with van der Waals surface area (Å²) in [6.07, 6.45) is 1.97. The number of carboxylic acids is 1. The number of carboxylic acid groups (broad SMARTS) is 1. The monoisotopic (exact) mass is 237 g/mol. The molecule has 0 aromatic heterocycles. The smallest absolute Gasteiger partial charge is 0.313 e. The molecule has 0 heterocycles. The number of thioether (sulfide) groups is 2. The second-order valence-electron chi connectivity index (χ2n) is 2.81. The lowest BCUT2D eigenvalue weighted by Gasteiger charge is -2.11. The fourth-order valence-electron chi connectivity index (χ4n) is 0.839. The van der Waals surface area contributed by atoms with Gasteiger partial charge in [0.15, 0.2) is 0 Å². The molecule has 0 radical (unpaired) electrons. The molecule has 1 unspecified atom stereocenters. The molecule has 14 heavy (non-hydrogen) atoms. The van der Waals surface area contributed by atoms with Gasteiger partial charge in [0, 0.05) is 11.8 Å². The minimum absolute atomic E-state index is 0.0235. The van der Waals surface area contributed by atoms with Crippen molar-refractivity contribution in [2.24, 2.45) is 0 Å². The van der Waals surface area contributed by atoms with Gasteiger partial charge in [-0.05, 0) is 13.2 Å². The van der Waals surface area contributed by atoms with E-state index in [0.717, 1.165) is 17.5 Å². The van der Waals surface area contributed by atoms with Gasteiger partial charge < -0.3 is 10.4 Å². The number of carbonyl (C=O) groups excluding carboxylic acids is 1. The summed E-state index contributed by atoms with van der Waals surface area (Å²) in [4.78, 5) is 21.3. The maximum atomic E-state index is 11.2. The molecule has 0 aliphatic rings. The van der Waals surface area contributed by atoms with Crippen LogP contribution in [0.4, 0.5) is 0 Å². The van der Waals surface area contributed by atoms with Gasteiger partial charge >= 0.3 is 5.97 Å². The van der Waals surface area contributed by atoms with E-state index in [1.165, 1.54) is 0 Å². The summed E-state index contributed by atoms with van der Waals surface area (Å²) in [5.41, 5.74) is 0. The minimum atomic E-state index is -0.889. The van der Waals surface area contributed by atoms with Gasteiger partial charge in [-0.3, -0.25) is 9.59 Å². The number of aliphatic carboxylic acids is 1. The molecule has 0 bridgehead atoms. The highest BCUT2D eigenvalue weighted by molar-refractivity contribution is 8.00. The molecule has 0 spiro atoms. The minimum Gasteiger partial charge on any atom is -0.481 e. The Morgan fingerprint density at radius 2 is 2.07 bits per heavy atom. The van der Waals surface area contributed by atoms with Crippen molar-refractivity contribution < 1.29 is 14.7 Å². The maximum absolute atomic E-state index is 11.2. The predicted molar refractivity (Wildman–Crippen MR) is 60.9 cm³/mol. The Hall–Kier alpha value is -0.360. The number of hydrogen-bond donors (Lipinski definition) is 2. The van der Waals surface area contributed by atoms with E-state index in [1.54, 1.807) is 11.8 Å². The molecule has 0 aromatic carbocycles. The molecule has 0 aliphatic heterocycles. The highest BCUT2D eigenvalue weighted by atomic mass is 32.2. The first-order chi connectivity index (χ1) is 6.56. The molecule has 6 heteroatoms. The summed E-state index contributed by atoms with van der Waals surface area (Å²) in [5.74, 6) is 0.0720. The number of nitrogens with one attached hydrogen (secondary N) is 1. The lowest BCUT2D eigenvalue weighted by atomic mass is 10.4. The van der Waals surface area contributed by atoms with Crippen LogP contribution in [-0.2, 0) is 9.59 Å². The van der Waals surface area contributed by atoms with E-state index >= 15 is 0 Å². The van der Waals surface area contributed by atoms with Crippen LogP contribution in [0.1, 0.15) is 6.92 Å². The zero-order valence-electron chi connectivity index (χ0n) is 8.28. The van der Waals surface area contributed by atoms with E-state index in [0.29, 0.717) is 0 Å². The van der Waals surface area contributed by atoms with E-state index in [9.17, 15) is 9.59 Å². The largest absolute Gasteiger partial charge is 0.481 e. The third-order valence-corrected chi connectivity index (χ3v) is 3.03. The summed E-state index contributed by atoms with van der Waals surface area (Å²) >= 11 is 2.78. The van der Waals surface area contributed by atoms with Crippen LogP contribution in [0.5, 0.6) is 0 Å². The molecule has 1 atom stereocenters. The van der Waals surface area contributed by atoms with Gasteiger partial charge in [0.05, 0.1) is 11.5 Å². The van der Waals surface area contributed by atoms with Crippen molar-refractivity contribution >= 4 is 35.4 Å². The normalized spacial score (nSPS) is 12.1. The van der Waals surface area contributed by atoms with Crippen molar-refractivity contribution in [3.8, 4) is 0 Å². The number of hydrogen-bond acceptors (Lipinski definition) is 4. The van der Waals surface area contributed by atoms with Crippen LogP contribution in [0.2, 0.25) is 0 Å². The van der Waals surface area contributed by atoms with Gasteiger partial charge in [0.2, 0.25) is 5.91 Å². The van der Waals surface area contributed by atoms with E-state index in [4.69, 9.17) is 5.11 Å².